The minimum Gasteiger partial charge on any atom is -0.383 e. The summed E-state index contributed by atoms with van der Waals surface area (Å²) < 4.78 is 27.0. The summed E-state index contributed by atoms with van der Waals surface area (Å²) in [7, 11) is -3.72. The number of aromatic nitrogens is 1. The molecule has 0 bridgehead atoms. The Morgan fingerprint density at radius 1 is 1.16 bits per heavy atom. The smallest absolute Gasteiger partial charge is 0.265 e. The van der Waals surface area contributed by atoms with Gasteiger partial charge in [-0.05, 0) is 43.2 Å². The topological polar surface area (TPSA) is 85.1 Å². The zero-order valence-corrected chi connectivity index (χ0v) is 11.5. The Labute approximate surface area is 112 Å². The van der Waals surface area contributed by atoms with Gasteiger partial charge in [-0.3, -0.25) is 4.72 Å². The number of anilines is 2. The molecule has 19 heavy (non-hydrogen) atoms. The zero-order chi connectivity index (χ0) is 14.0. The van der Waals surface area contributed by atoms with Crippen LogP contribution in [0, 0.1) is 13.8 Å². The number of benzene rings is 1. The van der Waals surface area contributed by atoms with Gasteiger partial charge >= 0.3 is 0 Å². The lowest BCUT2D eigenvalue weighted by Gasteiger charge is -2.12. The van der Waals surface area contributed by atoms with E-state index in [2.05, 4.69) is 9.71 Å². The maximum atomic E-state index is 12.3. The fourth-order valence-corrected chi connectivity index (χ4v) is 2.90. The van der Waals surface area contributed by atoms with Gasteiger partial charge in [-0.15, -0.1) is 0 Å². The number of nitrogens with two attached hydrogens (primary N) is 1. The van der Waals surface area contributed by atoms with Crippen molar-refractivity contribution >= 4 is 21.5 Å². The lowest BCUT2D eigenvalue weighted by Crippen LogP contribution is -2.16. The van der Waals surface area contributed by atoms with Gasteiger partial charge in [-0.1, -0.05) is 12.1 Å². The van der Waals surface area contributed by atoms with Gasteiger partial charge in [0, 0.05) is 6.20 Å². The van der Waals surface area contributed by atoms with Crippen molar-refractivity contribution < 1.29 is 8.42 Å². The molecule has 1 heterocycles. The molecule has 2 aromatic rings. The van der Waals surface area contributed by atoms with Crippen LogP contribution in [0.25, 0.3) is 0 Å². The first-order chi connectivity index (χ1) is 8.92. The van der Waals surface area contributed by atoms with E-state index in [-0.39, 0.29) is 10.7 Å². The van der Waals surface area contributed by atoms with Crippen LogP contribution in [0.3, 0.4) is 0 Å². The van der Waals surface area contributed by atoms with E-state index in [1.54, 1.807) is 12.1 Å². The van der Waals surface area contributed by atoms with Crippen molar-refractivity contribution in [2.24, 2.45) is 0 Å². The van der Waals surface area contributed by atoms with E-state index in [4.69, 9.17) is 5.73 Å². The summed E-state index contributed by atoms with van der Waals surface area (Å²) in [6, 6.07) is 8.40. The van der Waals surface area contributed by atoms with Crippen LogP contribution < -0.4 is 10.5 Å². The maximum absolute atomic E-state index is 12.3. The van der Waals surface area contributed by atoms with Gasteiger partial charge < -0.3 is 5.73 Å². The molecule has 0 amide bonds. The number of nitrogens with zero attached hydrogens (tertiary/aromatic N) is 1. The predicted molar refractivity (Wildman–Crippen MR) is 75.4 cm³/mol. The molecule has 0 aliphatic carbocycles. The minimum absolute atomic E-state index is 0.0136. The van der Waals surface area contributed by atoms with Gasteiger partial charge in [0.25, 0.3) is 10.0 Å². The van der Waals surface area contributed by atoms with Crippen molar-refractivity contribution in [2.75, 3.05) is 10.5 Å². The summed E-state index contributed by atoms with van der Waals surface area (Å²) in [6.07, 6.45) is 1.45. The average molecular weight is 277 g/mol. The van der Waals surface area contributed by atoms with E-state index in [9.17, 15) is 8.42 Å². The number of rotatable bonds is 3. The highest BCUT2D eigenvalue weighted by atomic mass is 32.2. The highest BCUT2D eigenvalue weighted by molar-refractivity contribution is 7.92. The van der Waals surface area contributed by atoms with Crippen molar-refractivity contribution in [3.63, 3.8) is 0 Å². The summed E-state index contributed by atoms with van der Waals surface area (Å²) in [6.45, 7) is 3.78. The Balaban J connectivity index is 2.43. The number of hydrogen-bond acceptors (Lipinski definition) is 4. The first-order valence-corrected chi connectivity index (χ1v) is 7.19. The molecular weight excluding hydrogens is 262 g/mol. The maximum Gasteiger partial charge on any atom is 0.265 e. The van der Waals surface area contributed by atoms with Crippen LogP contribution >= 0.6 is 0 Å². The van der Waals surface area contributed by atoms with Gasteiger partial charge in [0.15, 0.2) is 0 Å². The van der Waals surface area contributed by atoms with Crippen molar-refractivity contribution in [1.29, 1.82) is 0 Å². The average Bonchev–Trinajstić information content (AvgIpc) is 2.35. The zero-order valence-electron chi connectivity index (χ0n) is 10.7. The van der Waals surface area contributed by atoms with Crippen LogP contribution in [0.2, 0.25) is 0 Å². The van der Waals surface area contributed by atoms with E-state index in [0.29, 0.717) is 5.69 Å². The molecule has 6 heteroatoms. The normalized spacial score (nSPS) is 11.3. The third-order valence-corrected chi connectivity index (χ3v) is 4.35. The predicted octanol–water partition coefficient (Wildman–Crippen LogP) is 2.08. The molecule has 2 rings (SSSR count). The molecule has 0 saturated carbocycles. The Bertz CT molecular complexity index is 712. The number of pyridine rings is 1. The van der Waals surface area contributed by atoms with Crippen LogP contribution in [0.5, 0.6) is 0 Å². The standard InChI is InChI=1S/C13H15N3O2S/c1-9-5-3-6-11(10(9)2)16-19(17,18)12-7-4-8-15-13(12)14/h3-8,16H,1-2H3,(H2,14,15). The van der Waals surface area contributed by atoms with E-state index < -0.39 is 10.0 Å². The Morgan fingerprint density at radius 2 is 1.89 bits per heavy atom. The van der Waals surface area contributed by atoms with Crippen LogP contribution in [-0.2, 0) is 10.0 Å². The molecule has 100 valence electrons. The first-order valence-electron chi connectivity index (χ1n) is 5.71. The van der Waals surface area contributed by atoms with Crippen LogP contribution in [-0.4, -0.2) is 13.4 Å². The fourth-order valence-electron chi connectivity index (χ4n) is 1.69. The first kappa shape index (κ1) is 13.4. The molecule has 1 aromatic carbocycles. The van der Waals surface area contributed by atoms with Crippen LogP contribution in [0.1, 0.15) is 11.1 Å². The minimum atomic E-state index is -3.72. The summed E-state index contributed by atoms with van der Waals surface area (Å²) in [4.78, 5) is 3.77. The summed E-state index contributed by atoms with van der Waals surface area (Å²) in [5, 5.41) is 0. The monoisotopic (exact) mass is 277 g/mol. The van der Waals surface area contributed by atoms with Crippen molar-refractivity contribution in [3.8, 4) is 0 Å². The third-order valence-electron chi connectivity index (χ3n) is 2.94. The van der Waals surface area contributed by atoms with Gasteiger partial charge in [0.05, 0.1) is 5.69 Å². The van der Waals surface area contributed by atoms with E-state index in [1.165, 1.54) is 18.3 Å². The molecule has 0 aliphatic rings. The van der Waals surface area contributed by atoms with Crippen molar-refractivity contribution in [3.05, 3.63) is 47.7 Å². The number of hydrogen-bond donors (Lipinski definition) is 2. The second-order valence-electron chi connectivity index (χ2n) is 4.24. The van der Waals surface area contributed by atoms with Crippen LogP contribution in [0.15, 0.2) is 41.4 Å². The molecule has 0 fully saturated rings. The molecule has 0 saturated heterocycles. The number of aryl methyl sites for hydroxylation is 1. The molecule has 3 N–H and O–H groups in total. The number of nitrogens with one attached hydrogen (secondary N) is 1. The lowest BCUT2D eigenvalue weighted by atomic mass is 10.1. The van der Waals surface area contributed by atoms with E-state index in [1.807, 2.05) is 19.9 Å². The van der Waals surface area contributed by atoms with E-state index in [0.717, 1.165) is 11.1 Å². The molecule has 0 unspecified atom stereocenters. The quantitative estimate of drug-likeness (QED) is 0.899. The van der Waals surface area contributed by atoms with Gasteiger partial charge in [0.1, 0.15) is 10.7 Å². The van der Waals surface area contributed by atoms with E-state index >= 15 is 0 Å². The highest BCUT2D eigenvalue weighted by Gasteiger charge is 2.18. The second-order valence-corrected chi connectivity index (χ2v) is 5.89. The SMILES string of the molecule is Cc1cccc(NS(=O)(=O)c2cccnc2N)c1C. The summed E-state index contributed by atoms with van der Waals surface area (Å²) >= 11 is 0. The second kappa shape index (κ2) is 4.89. The molecule has 0 aliphatic heterocycles. The Morgan fingerprint density at radius 3 is 2.58 bits per heavy atom. The van der Waals surface area contributed by atoms with Gasteiger partial charge in [0.2, 0.25) is 0 Å². The van der Waals surface area contributed by atoms with Gasteiger partial charge in [-0.25, -0.2) is 13.4 Å². The molecule has 5 nitrogen and oxygen atoms in total. The van der Waals surface area contributed by atoms with Gasteiger partial charge in [-0.2, -0.15) is 0 Å². The fraction of sp³-hybridized carbons (Fsp3) is 0.154. The van der Waals surface area contributed by atoms with Crippen molar-refractivity contribution in [2.45, 2.75) is 18.7 Å². The summed E-state index contributed by atoms with van der Waals surface area (Å²) in [5.74, 6) is -0.0136. The molecule has 0 spiro atoms. The Hall–Kier alpha value is -2.08. The molecule has 0 radical (unpaired) electrons. The summed E-state index contributed by atoms with van der Waals surface area (Å²) in [5.41, 5.74) is 8.04. The van der Waals surface area contributed by atoms with Crippen LogP contribution in [0.4, 0.5) is 11.5 Å². The lowest BCUT2D eigenvalue weighted by molar-refractivity contribution is 0.601. The number of sulfonamides is 1. The third kappa shape index (κ3) is 2.68. The Kier molecular flexibility index (Phi) is 3.44. The molecule has 1 aromatic heterocycles. The highest BCUT2D eigenvalue weighted by Crippen LogP contribution is 2.23. The largest absolute Gasteiger partial charge is 0.383 e. The molecule has 0 atom stereocenters. The molecular formula is C13H15N3O2S. The number of nitrogen functional groups attached to an aromatic ring is 1. The van der Waals surface area contributed by atoms with Crippen molar-refractivity contribution in [1.82, 2.24) is 4.98 Å².